The Morgan fingerprint density at radius 1 is 0.971 bits per heavy atom. The molecule has 5 rings (SSSR count). The highest BCUT2D eigenvalue weighted by Crippen LogP contribution is 2.60. The van der Waals surface area contributed by atoms with Crippen LogP contribution in [0.25, 0.3) is 0 Å². The zero-order valence-corrected chi connectivity index (χ0v) is 22.8. The minimum atomic E-state index is -0.435. The highest BCUT2D eigenvalue weighted by molar-refractivity contribution is 9.12. The first kappa shape index (κ1) is 24.7. The number of hydrogen-bond acceptors (Lipinski definition) is 5. The van der Waals surface area contributed by atoms with Crippen molar-refractivity contribution in [3.63, 3.8) is 0 Å². The van der Waals surface area contributed by atoms with Crippen LogP contribution in [0.5, 0.6) is 0 Å². The highest BCUT2D eigenvalue weighted by atomic mass is 79.9. The van der Waals surface area contributed by atoms with Crippen LogP contribution in [-0.4, -0.2) is 50.8 Å². The number of ether oxygens (including phenoxy) is 1. The molecule has 2 amide bonds. The summed E-state index contributed by atoms with van der Waals surface area (Å²) in [5.74, 6) is -1.31. The monoisotopic (exact) mass is 633 g/mol. The molecule has 182 valence electrons. The summed E-state index contributed by atoms with van der Waals surface area (Å²) in [4.78, 5) is 53.3. The van der Waals surface area contributed by atoms with Gasteiger partial charge >= 0.3 is 5.97 Å². The van der Waals surface area contributed by atoms with Gasteiger partial charge in [-0.05, 0) is 62.1 Å². The Labute approximate surface area is 224 Å². The first-order chi connectivity index (χ1) is 16.2. The van der Waals surface area contributed by atoms with Crippen LogP contribution >= 0.6 is 55.1 Å². The lowest BCUT2D eigenvalue weighted by Gasteiger charge is -2.33. The van der Waals surface area contributed by atoms with E-state index in [1.807, 2.05) is 0 Å². The number of esters is 1. The van der Waals surface area contributed by atoms with Gasteiger partial charge in [0.2, 0.25) is 17.6 Å². The van der Waals surface area contributed by atoms with E-state index in [0.29, 0.717) is 30.7 Å². The zero-order chi connectivity index (χ0) is 24.3. The Balaban J connectivity index is 1.15. The number of benzene rings is 1. The number of halogens is 4. The third-order valence-electron chi connectivity index (χ3n) is 7.99. The number of carbonyl (C=O) groups is 4. The second-order valence-corrected chi connectivity index (χ2v) is 12.7. The fourth-order valence-corrected chi connectivity index (χ4v) is 8.74. The molecule has 6 atom stereocenters. The van der Waals surface area contributed by atoms with E-state index in [-0.39, 0.29) is 67.7 Å². The fraction of sp³-hybridized carbons (Fsp3) is 0.583. The second kappa shape index (κ2) is 9.49. The Morgan fingerprint density at radius 3 is 2.12 bits per heavy atom. The van der Waals surface area contributed by atoms with Gasteiger partial charge in [-0.25, -0.2) is 0 Å². The van der Waals surface area contributed by atoms with Crippen molar-refractivity contribution >= 4 is 78.6 Å². The van der Waals surface area contributed by atoms with Gasteiger partial charge in [-0.15, -0.1) is 0 Å². The molecule has 4 aliphatic rings. The number of nitrogens with zero attached hydrogens (tertiary/aromatic N) is 1. The van der Waals surface area contributed by atoms with Crippen molar-refractivity contribution in [2.45, 2.75) is 47.8 Å². The SMILES string of the molecule is O=C(COC(=O)C1CCC(N2C(=O)[C@H]3[C@@H]4C[C@H]([C@@H](Br)[C@H]4Br)[C@@H]3C2=O)CC1)c1ccc(Cl)cc1Cl. The maximum atomic E-state index is 13.2. The molecular weight excluding hydrogens is 613 g/mol. The molecule has 3 aliphatic carbocycles. The number of carbonyl (C=O) groups excluding carboxylic acids is 4. The van der Waals surface area contributed by atoms with Crippen molar-refractivity contribution in [2.75, 3.05) is 6.61 Å². The first-order valence-corrected chi connectivity index (χ1v) is 14.1. The Kier molecular flexibility index (Phi) is 6.90. The molecule has 6 nitrogen and oxygen atoms in total. The summed E-state index contributed by atoms with van der Waals surface area (Å²) in [6, 6.07) is 4.36. The molecule has 34 heavy (non-hydrogen) atoms. The van der Waals surface area contributed by atoms with E-state index in [1.165, 1.54) is 17.0 Å². The molecule has 0 N–H and O–H groups in total. The van der Waals surface area contributed by atoms with Crippen LogP contribution in [0.15, 0.2) is 18.2 Å². The van der Waals surface area contributed by atoms with Gasteiger partial charge in [-0.3, -0.25) is 24.1 Å². The Hall–Kier alpha value is -0.960. The summed E-state index contributed by atoms with van der Waals surface area (Å²) < 4.78 is 5.27. The van der Waals surface area contributed by atoms with Crippen LogP contribution in [0.2, 0.25) is 10.0 Å². The molecular formula is C24H23Br2Cl2NO5. The van der Waals surface area contributed by atoms with Crippen molar-refractivity contribution in [1.82, 2.24) is 4.90 Å². The average Bonchev–Trinajstić information content (AvgIpc) is 3.42. The topological polar surface area (TPSA) is 80.8 Å². The van der Waals surface area contributed by atoms with Gasteiger partial charge in [0.15, 0.2) is 6.61 Å². The van der Waals surface area contributed by atoms with E-state index in [1.54, 1.807) is 6.07 Å². The lowest BCUT2D eigenvalue weighted by Crippen LogP contribution is -2.44. The van der Waals surface area contributed by atoms with E-state index < -0.39 is 18.4 Å². The fourth-order valence-electron chi connectivity index (χ4n) is 6.35. The third kappa shape index (κ3) is 4.06. The van der Waals surface area contributed by atoms with Gasteiger partial charge in [0, 0.05) is 26.3 Å². The zero-order valence-electron chi connectivity index (χ0n) is 18.1. The molecule has 0 aromatic heterocycles. The summed E-state index contributed by atoms with van der Waals surface area (Å²) >= 11 is 19.3. The molecule has 1 saturated heterocycles. The molecule has 2 bridgehead atoms. The van der Waals surface area contributed by atoms with Gasteiger partial charge in [-0.1, -0.05) is 55.1 Å². The molecule has 1 aromatic carbocycles. The highest BCUT2D eigenvalue weighted by Gasteiger charge is 2.67. The molecule has 1 aliphatic heterocycles. The standard InChI is InChI=1S/C24H23Br2Cl2NO5/c25-20-14-8-15(21(20)26)19-18(14)22(31)29(23(19)32)12-4-1-10(2-5-12)24(33)34-9-17(30)13-6-3-11(27)7-16(13)28/h3,6-7,10,12,14-15,18-21H,1-2,4-5,8-9H2/t10?,12?,14-,15-,18-,19-,20-,21+/m0/s1. The minimum absolute atomic E-state index is 0.0391. The van der Waals surface area contributed by atoms with Crippen LogP contribution in [0.4, 0.5) is 0 Å². The maximum Gasteiger partial charge on any atom is 0.309 e. The molecule has 0 radical (unpaired) electrons. The molecule has 0 spiro atoms. The number of amides is 2. The Bertz CT molecular complexity index is 1030. The maximum absolute atomic E-state index is 13.2. The largest absolute Gasteiger partial charge is 0.457 e. The van der Waals surface area contributed by atoms with E-state index in [2.05, 4.69) is 31.9 Å². The van der Waals surface area contributed by atoms with Crippen LogP contribution in [0, 0.1) is 29.6 Å². The first-order valence-electron chi connectivity index (χ1n) is 11.5. The predicted molar refractivity (Wildman–Crippen MR) is 133 cm³/mol. The van der Waals surface area contributed by atoms with Crippen molar-refractivity contribution in [3.05, 3.63) is 33.8 Å². The van der Waals surface area contributed by atoms with Gasteiger partial charge in [0.1, 0.15) is 0 Å². The third-order valence-corrected chi connectivity index (χ3v) is 11.7. The van der Waals surface area contributed by atoms with Crippen LogP contribution < -0.4 is 0 Å². The molecule has 4 fully saturated rings. The van der Waals surface area contributed by atoms with E-state index in [9.17, 15) is 19.2 Å². The van der Waals surface area contributed by atoms with Crippen LogP contribution in [-0.2, 0) is 19.1 Å². The summed E-state index contributed by atoms with van der Waals surface area (Å²) in [6.45, 7) is -0.392. The number of hydrogen-bond donors (Lipinski definition) is 0. The van der Waals surface area contributed by atoms with Crippen molar-refractivity contribution in [3.8, 4) is 0 Å². The van der Waals surface area contributed by atoms with Gasteiger partial charge < -0.3 is 4.74 Å². The quantitative estimate of drug-likeness (QED) is 0.196. The number of likely N-dealkylation sites (tertiary alicyclic amines) is 1. The van der Waals surface area contributed by atoms with E-state index in [0.717, 1.165) is 6.42 Å². The predicted octanol–water partition coefficient (Wildman–Crippen LogP) is 5.06. The normalized spacial score (nSPS) is 36.6. The number of imide groups is 1. The van der Waals surface area contributed by atoms with Crippen LogP contribution in [0.1, 0.15) is 42.5 Å². The van der Waals surface area contributed by atoms with Gasteiger partial charge in [0.05, 0.1) is 22.8 Å². The Morgan fingerprint density at radius 2 is 1.56 bits per heavy atom. The number of fused-ring (bicyclic) bond motifs is 5. The summed E-state index contributed by atoms with van der Waals surface area (Å²) in [6.07, 6.45) is 3.07. The van der Waals surface area contributed by atoms with Gasteiger partial charge in [0.25, 0.3) is 0 Å². The summed E-state index contributed by atoms with van der Waals surface area (Å²) in [5.41, 5.74) is 0.254. The summed E-state index contributed by atoms with van der Waals surface area (Å²) in [5, 5.41) is 0.630. The summed E-state index contributed by atoms with van der Waals surface area (Å²) in [7, 11) is 0. The van der Waals surface area contributed by atoms with E-state index in [4.69, 9.17) is 27.9 Å². The molecule has 3 saturated carbocycles. The molecule has 1 aromatic rings. The number of Topliss-reactive ketones (excluding diaryl/α,β-unsaturated/α-hetero) is 1. The van der Waals surface area contributed by atoms with Gasteiger partial charge in [-0.2, -0.15) is 0 Å². The van der Waals surface area contributed by atoms with Crippen molar-refractivity contribution in [1.29, 1.82) is 0 Å². The van der Waals surface area contributed by atoms with Crippen molar-refractivity contribution in [2.24, 2.45) is 29.6 Å². The smallest absolute Gasteiger partial charge is 0.309 e. The lowest BCUT2D eigenvalue weighted by molar-refractivity contribution is -0.149. The lowest BCUT2D eigenvalue weighted by atomic mass is 9.81. The number of rotatable bonds is 5. The van der Waals surface area contributed by atoms with Crippen LogP contribution in [0.3, 0.4) is 0 Å². The number of alkyl halides is 2. The molecule has 10 heteroatoms. The molecule has 1 heterocycles. The number of ketones is 1. The van der Waals surface area contributed by atoms with Crippen molar-refractivity contribution < 1.29 is 23.9 Å². The second-order valence-electron chi connectivity index (χ2n) is 9.71. The molecule has 0 unspecified atom stereocenters. The van der Waals surface area contributed by atoms with E-state index >= 15 is 0 Å². The average molecular weight is 636 g/mol. The minimum Gasteiger partial charge on any atom is -0.457 e.